The Morgan fingerprint density at radius 1 is 1.36 bits per heavy atom. The second-order valence-corrected chi connectivity index (χ2v) is 5.84. The van der Waals surface area contributed by atoms with Crippen molar-refractivity contribution < 1.29 is 4.79 Å². The summed E-state index contributed by atoms with van der Waals surface area (Å²) in [5.74, 6) is -0.0651. The van der Waals surface area contributed by atoms with E-state index in [1.165, 1.54) is 11.3 Å². The first-order valence-electron chi connectivity index (χ1n) is 7.79. The summed E-state index contributed by atoms with van der Waals surface area (Å²) in [5.41, 5.74) is 7.69. The van der Waals surface area contributed by atoms with Crippen molar-refractivity contribution in [1.82, 2.24) is 5.32 Å². The van der Waals surface area contributed by atoms with E-state index in [4.69, 9.17) is 5.73 Å². The molecule has 0 aliphatic carbocycles. The number of hydrogen-bond acceptors (Lipinski definition) is 3. The van der Waals surface area contributed by atoms with E-state index in [1.807, 2.05) is 6.92 Å². The van der Waals surface area contributed by atoms with Gasteiger partial charge in [-0.05, 0) is 44.9 Å². The Balaban J connectivity index is 0.00000441. The number of nitrogens with zero attached hydrogens (tertiary/aromatic N) is 1. The molecule has 0 saturated carbocycles. The van der Waals surface area contributed by atoms with E-state index in [0.29, 0.717) is 13.0 Å². The summed E-state index contributed by atoms with van der Waals surface area (Å²) in [7, 11) is 0. The summed E-state index contributed by atoms with van der Waals surface area (Å²) >= 11 is 0. The van der Waals surface area contributed by atoms with Gasteiger partial charge in [-0.1, -0.05) is 25.5 Å². The fourth-order valence-electron chi connectivity index (χ4n) is 2.43. The van der Waals surface area contributed by atoms with E-state index < -0.39 is 5.54 Å². The highest BCUT2D eigenvalue weighted by Crippen LogP contribution is 2.15. The maximum absolute atomic E-state index is 12.1. The molecule has 1 rings (SSSR count). The molecule has 0 saturated heterocycles. The molecule has 0 radical (unpaired) electrons. The molecule has 126 valence electrons. The predicted molar refractivity (Wildman–Crippen MR) is 96.8 cm³/mol. The van der Waals surface area contributed by atoms with Gasteiger partial charge in [-0.25, -0.2) is 0 Å². The molecule has 1 aromatic rings. The van der Waals surface area contributed by atoms with Crippen LogP contribution >= 0.6 is 12.4 Å². The number of carbonyl (C=O) groups excluding carboxylic acids is 1. The number of aryl methyl sites for hydroxylation is 1. The number of benzene rings is 1. The number of nitrogens with two attached hydrogens (primary N) is 1. The molecule has 0 aliphatic rings. The van der Waals surface area contributed by atoms with Crippen molar-refractivity contribution >= 4 is 24.0 Å². The third-order valence-corrected chi connectivity index (χ3v) is 3.70. The Bertz CT molecular complexity index is 463. The number of hydrogen-bond donors (Lipinski definition) is 2. The molecule has 0 spiro atoms. The Hall–Kier alpha value is -1.26. The third kappa shape index (κ3) is 6.24. The average molecular weight is 328 g/mol. The van der Waals surface area contributed by atoms with Crippen molar-refractivity contribution in [3.05, 3.63) is 29.8 Å². The lowest BCUT2D eigenvalue weighted by Crippen LogP contribution is -2.52. The number of carbonyl (C=O) groups is 1. The Labute approximate surface area is 140 Å². The summed E-state index contributed by atoms with van der Waals surface area (Å²) in [4.78, 5) is 14.3. The second kappa shape index (κ2) is 9.70. The molecule has 0 fully saturated rings. The standard InChI is InChI=1S/C17H29N3O.ClH/c1-5-10-17(4,18)16(21)19-11-12-20(6-2)15-9-7-8-14(3)13-15;/h7-9,13H,5-6,10-12,18H2,1-4H3,(H,19,21);1H. The lowest BCUT2D eigenvalue weighted by atomic mass is 9.96. The van der Waals surface area contributed by atoms with Crippen LogP contribution in [0, 0.1) is 6.92 Å². The van der Waals surface area contributed by atoms with Gasteiger partial charge in [-0.3, -0.25) is 4.79 Å². The minimum Gasteiger partial charge on any atom is -0.370 e. The maximum atomic E-state index is 12.1. The second-order valence-electron chi connectivity index (χ2n) is 5.84. The minimum atomic E-state index is -0.769. The van der Waals surface area contributed by atoms with E-state index in [2.05, 4.69) is 48.3 Å². The smallest absolute Gasteiger partial charge is 0.239 e. The van der Waals surface area contributed by atoms with E-state index >= 15 is 0 Å². The van der Waals surface area contributed by atoms with Crippen LogP contribution in [0.4, 0.5) is 5.69 Å². The molecule has 0 aliphatic heterocycles. The van der Waals surface area contributed by atoms with Crippen molar-refractivity contribution in [2.45, 2.75) is 46.1 Å². The molecule has 0 heterocycles. The number of halogens is 1. The van der Waals surface area contributed by atoms with E-state index in [9.17, 15) is 4.79 Å². The molecule has 5 heteroatoms. The van der Waals surface area contributed by atoms with Gasteiger partial charge in [0.25, 0.3) is 0 Å². The summed E-state index contributed by atoms with van der Waals surface area (Å²) < 4.78 is 0. The zero-order chi connectivity index (χ0) is 15.9. The van der Waals surface area contributed by atoms with Gasteiger partial charge in [0.05, 0.1) is 5.54 Å². The van der Waals surface area contributed by atoms with Gasteiger partial charge in [0.2, 0.25) is 5.91 Å². The van der Waals surface area contributed by atoms with Crippen molar-refractivity contribution in [2.24, 2.45) is 5.73 Å². The zero-order valence-electron chi connectivity index (χ0n) is 14.2. The van der Waals surface area contributed by atoms with Crippen LogP contribution in [0.25, 0.3) is 0 Å². The number of amides is 1. The van der Waals surface area contributed by atoms with Gasteiger partial charge in [0, 0.05) is 25.3 Å². The van der Waals surface area contributed by atoms with Crippen LogP contribution in [-0.2, 0) is 4.79 Å². The zero-order valence-corrected chi connectivity index (χ0v) is 15.0. The van der Waals surface area contributed by atoms with E-state index in [1.54, 1.807) is 6.92 Å². The van der Waals surface area contributed by atoms with Crippen LogP contribution in [0.2, 0.25) is 0 Å². The van der Waals surface area contributed by atoms with Crippen LogP contribution in [0.15, 0.2) is 24.3 Å². The monoisotopic (exact) mass is 327 g/mol. The minimum absolute atomic E-state index is 0. The highest BCUT2D eigenvalue weighted by molar-refractivity contribution is 5.85. The molecule has 3 N–H and O–H groups in total. The largest absolute Gasteiger partial charge is 0.370 e. The topological polar surface area (TPSA) is 58.4 Å². The fraction of sp³-hybridized carbons (Fsp3) is 0.588. The van der Waals surface area contributed by atoms with Crippen molar-refractivity contribution in [2.75, 3.05) is 24.5 Å². The lowest BCUT2D eigenvalue weighted by Gasteiger charge is -2.26. The van der Waals surface area contributed by atoms with Gasteiger partial charge in [-0.2, -0.15) is 0 Å². The van der Waals surface area contributed by atoms with Gasteiger partial charge in [0.15, 0.2) is 0 Å². The molecular weight excluding hydrogens is 298 g/mol. The van der Waals surface area contributed by atoms with E-state index in [-0.39, 0.29) is 18.3 Å². The van der Waals surface area contributed by atoms with Crippen molar-refractivity contribution in [1.29, 1.82) is 0 Å². The number of likely N-dealkylation sites (N-methyl/N-ethyl adjacent to an activating group) is 1. The number of nitrogens with one attached hydrogen (secondary N) is 1. The van der Waals surface area contributed by atoms with Crippen LogP contribution in [0.1, 0.15) is 39.2 Å². The van der Waals surface area contributed by atoms with Crippen molar-refractivity contribution in [3.63, 3.8) is 0 Å². The van der Waals surface area contributed by atoms with Crippen LogP contribution in [0.5, 0.6) is 0 Å². The summed E-state index contributed by atoms with van der Waals surface area (Å²) in [6.07, 6.45) is 1.61. The highest BCUT2D eigenvalue weighted by atomic mass is 35.5. The third-order valence-electron chi connectivity index (χ3n) is 3.70. The van der Waals surface area contributed by atoms with Gasteiger partial charge in [0.1, 0.15) is 0 Å². The molecule has 1 atom stereocenters. The van der Waals surface area contributed by atoms with Crippen LogP contribution in [0.3, 0.4) is 0 Å². The molecule has 0 aromatic heterocycles. The Morgan fingerprint density at radius 2 is 2.05 bits per heavy atom. The summed E-state index contributed by atoms with van der Waals surface area (Å²) in [5, 5.41) is 2.95. The van der Waals surface area contributed by atoms with E-state index in [0.717, 1.165) is 19.5 Å². The molecule has 1 amide bonds. The first-order valence-corrected chi connectivity index (χ1v) is 7.79. The molecule has 4 nitrogen and oxygen atoms in total. The number of anilines is 1. The summed E-state index contributed by atoms with van der Waals surface area (Å²) in [6, 6.07) is 8.41. The molecule has 1 unspecified atom stereocenters. The molecular formula is C17H30ClN3O. The molecule has 22 heavy (non-hydrogen) atoms. The average Bonchev–Trinajstić information content (AvgIpc) is 2.43. The lowest BCUT2D eigenvalue weighted by molar-refractivity contribution is -0.125. The normalized spacial score (nSPS) is 13.0. The first kappa shape index (κ1) is 20.7. The maximum Gasteiger partial charge on any atom is 0.239 e. The van der Waals surface area contributed by atoms with Gasteiger partial charge >= 0.3 is 0 Å². The molecule has 0 bridgehead atoms. The van der Waals surface area contributed by atoms with Crippen LogP contribution < -0.4 is 16.0 Å². The predicted octanol–water partition coefficient (Wildman–Crippen LogP) is 2.88. The highest BCUT2D eigenvalue weighted by Gasteiger charge is 2.26. The van der Waals surface area contributed by atoms with Gasteiger partial charge in [-0.15, -0.1) is 12.4 Å². The Morgan fingerprint density at radius 3 is 2.59 bits per heavy atom. The summed E-state index contributed by atoms with van der Waals surface area (Å²) in [6.45, 7) is 10.3. The van der Waals surface area contributed by atoms with Crippen molar-refractivity contribution in [3.8, 4) is 0 Å². The van der Waals surface area contributed by atoms with Gasteiger partial charge < -0.3 is 16.0 Å². The first-order chi connectivity index (χ1) is 9.90. The van der Waals surface area contributed by atoms with Crippen LogP contribution in [-0.4, -0.2) is 31.1 Å². The Kier molecular flexibility index (Phi) is 9.14. The SMILES string of the molecule is CCCC(C)(N)C(=O)NCCN(CC)c1cccc(C)c1.Cl. The fourth-order valence-corrected chi connectivity index (χ4v) is 2.43. The molecule has 1 aromatic carbocycles. The quantitative estimate of drug-likeness (QED) is 0.772. The number of rotatable bonds is 8.